The maximum absolute atomic E-state index is 11.3. The molecule has 0 aromatic heterocycles. The molecule has 0 aromatic rings. The van der Waals surface area contributed by atoms with E-state index in [0.29, 0.717) is 12.8 Å². The van der Waals surface area contributed by atoms with Gasteiger partial charge in [-0.2, -0.15) is 0 Å². The van der Waals surface area contributed by atoms with Gasteiger partial charge in [0.05, 0.1) is 0 Å². The summed E-state index contributed by atoms with van der Waals surface area (Å²) in [6.07, 6.45) is 2.82. The summed E-state index contributed by atoms with van der Waals surface area (Å²) in [5.74, 6) is -0.752. The lowest BCUT2D eigenvalue weighted by atomic mass is 10.2. The van der Waals surface area contributed by atoms with Gasteiger partial charge < -0.3 is 9.47 Å². The van der Waals surface area contributed by atoms with E-state index in [1.165, 1.54) is 0 Å². The quantitative estimate of drug-likeness (QED) is 0.373. The maximum Gasteiger partial charge on any atom is 0.306 e. The van der Waals surface area contributed by atoms with E-state index in [2.05, 4.69) is 6.58 Å². The fourth-order valence-electron chi connectivity index (χ4n) is 1.17. The Kier molecular flexibility index (Phi) is 9.79. The first-order chi connectivity index (χ1) is 8.45. The molecule has 0 spiro atoms. The largest absolute Gasteiger partial charge is 0.463 e. The molecule has 0 rings (SSSR count). The second-order valence-electron chi connectivity index (χ2n) is 3.75. The number of ether oxygens (including phenoxy) is 2. The molecule has 0 radical (unpaired) electrons. The normalized spacial score (nSPS) is 12.0. The van der Waals surface area contributed by atoms with Crippen LogP contribution >= 0.6 is 23.2 Å². The first-order valence-electron chi connectivity index (χ1n) is 5.69. The zero-order chi connectivity index (χ0) is 14.0. The topological polar surface area (TPSA) is 52.6 Å². The van der Waals surface area contributed by atoms with Crippen LogP contribution in [-0.2, 0) is 19.1 Å². The summed E-state index contributed by atoms with van der Waals surface area (Å²) in [6.45, 7) is 5.30. The third-order valence-corrected chi connectivity index (χ3v) is 2.22. The summed E-state index contributed by atoms with van der Waals surface area (Å²) in [5, 5.41) is 0. The fraction of sp³-hybridized carbons (Fsp3) is 0.667. The minimum Gasteiger partial charge on any atom is -0.463 e. The Morgan fingerprint density at radius 2 is 1.89 bits per heavy atom. The van der Waals surface area contributed by atoms with Crippen molar-refractivity contribution in [3.63, 3.8) is 0 Å². The van der Waals surface area contributed by atoms with E-state index in [9.17, 15) is 9.59 Å². The molecule has 0 bridgehead atoms. The van der Waals surface area contributed by atoms with Crippen molar-refractivity contribution in [2.75, 3.05) is 6.61 Å². The van der Waals surface area contributed by atoms with Gasteiger partial charge in [-0.3, -0.25) is 9.59 Å². The second-order valence-corrected chi connectivity index (χ2v) is 5.03. The molecule has 0 amide bonds. The first kappa shape index (κ1) is 17.3. The van der Waals surface area contributed by atoms with Gasteiger partial charge in [-0.05, 0) is 13.3 Å². The van der Waals surface area contributed by atoms with Crippen LogP contribution in [0.25, 0.3) is 0 Å². The van der Waals surface area contributed by atoms with Gasteiger partial charge in [-0.15, -0.1) is 29.8 Å². The van der Waals surface area contributed by atoms with Crippen LogP contribution in [0, 0.1) is 0 Å². The molecule has 104 valence electrons. The Morgan fingerprint density at radius 3 is 2.44 bits per heavy atom. The Labute approximate surface area is 117 Å². The van der Waals surface area contributed by atoms with Crippen LogP contribution in [0.4, 0.5) is 0 Å². The molecule has 6 heteroatoms. The summed E-state index contributed by atoms with van der Waals surface area (Å²) in [5.41, 5.74) is 0. The van der Waals surface area contributed by atoms with Crippen molar-refractivity contribution in [1.29, 1.82) is 0 Å². The third-order valence-electron chi connectivity index (χ3n) is 1.96. The van der Waals surface area contributed by atoms with Crippen LogP contribution < -0.4 is 0 Å². The van der Waals surface area contributed by atoms with Crippen LogP contribution in [0.5, 0.6) is 0 Å². The molecule has 0 saturated carbocycles. The number of carbonyl (C=O) groups is 2. The van der Waals surface area contributed by atoms with Crippen LogP contribution in [0.3, 0.4) is 0 Å². The van der Waals surface area contributed by atoms with E-state index in [0.717, 1.165) is 0 Å². The molecular formula is C12H18Cl2O4. The van der Waals surface area contributed by atoms with E-state index in [1.54, 1.807) is 13.0 Å². The number of hydrogen-bond donors (Lipinski definition) is 0. The van der Waals surface area contributed by atoms with E-state index in [-0.39, 0.29) is 31.5 Å². The van der Waals surface area contributed by atoms with Crippen molar-refractivity contribution in [3.05, 3.63) is 12.7 Å². The van der Waals surface area contributed by atoms with E-state index < -0.39 is 10.8 Å². The van der Waals surface area contributed by atoms with Gasteiger partial charge in [-0.25, -0.2) is 0 Å². The van der Waals surface area contributed by atoms with Gasteiger partial charge in [0.1, 0.15) is 17.5 Å². The number of alkyl halides is 2. The van der Waals surface area contributed by atoms with Crippen molar-refractivity contribution >= 4 is 35.1 Å². The first-order valence-corrected chi connectivity index (χ1v) is 6.57. The fourth-order valence-corrected chi connectivity index (χ4v) is 1.30. The Morgan fingerprint density at radius 1 is 1.28 bits per heavy atom. The smallest absolute Gasteiger partial charge is 0.306 e. The van der Waals surface area contributed by atoms with Crippen LogP contribution in [-0.4, -0.2) is 29.5 Å². The molecule has 18 heavy (non-hydrogen) atoms. The number of esters is 2. The van der Waals surface area contributed by atoms with Gasteiger partial charge in [0, 0.05) is 19.3 Å². The summed E-state index contributed by atoms with van der Waals surface area (Å²) in [7, 11) is 0. The standard InChI is InChI=1S/C12H18Cl2O4/c1-3-5-9(2)18-12(16)7-4-6-11(15)17-8-10(13)14/h3,9-10H,1,4-8H2,2H3. The Bertz CT molecular complexity index is 279. The minimum absolute atomic E-state index is 0.0389. The molecule has 1 unspecified atom stereocenters. The van der Waals surface area contributed by atoms with Crippen molar-refractivity contribution in [1.82, 2.24) is 0 Å². The molecule has 4 nitrogen and oxygen atoms in total. The van der Waals surface area contributed by atoms with E-state index in [4.69, 9.17) is 32.7 Å². The lowest BCUT2D eigenvalue weighted by molar-refractivity contribution is -0.148. The zero-order valence-electron chi connectivity index (χ0n) is 10.4. The predicted octanol–water partition coefficient (Wildman–Crippen LogP) is 3.01. The lowest BCUT2D eigenvalue weighted by Crippen LogP contribution is -2.15. The van der Waals surface area contributed by atoms with E-state index >= 15 is 0 Å². The molecule has 1 atom stereocenters. The highest BCUT2D eigenvalue weighted by atomic mass is 35.5. The van der Waals surface area contributed by atoms with Gasteiger partial charge in [-0.1, -0.05) is 6.08 Å². The van der Waals surface area contributed by atoms with Crippen LogP contribution in [0.1, 0.15) is 32.6 Å². The molecule has 0 N–H and O–H groups in total. The highest BCUT2D eigenvalue weighted by Gasteiger charge is 2.10. The molecule has 0 fully saturated rings. The van der Waals surface area contributed by atoms with Gasteiger partial charge in [0.25, 0.3) is 0 Å². The molecule has 0 saturated heterocycles. The minimum atomic E-state index is -0.723. The predicted molar refractivity (Wildman–Crippen MR) is 70.7 cm³/mol. The van der Waals surface area contributed by atoms with Crippen LogP contribution in [0.2, 0.25) is 0 Å². The molecule has 0 aliphatic heterocycles. The molecule has 0 aromatic carbocycles. The second kappa shape index (κ2) is 10.2. The third kappa shape index (κ3) is 10.4. The molecule has 0 aliphatic carbocycles. The number of carbonyl (C=O) groups excluding carboxylic acids is 2. The monoisotopic (exact) mass is 296 g/mol. The Balaban J connectivity index is 3.61. The van der Waals surface area contributed by atoms with Gasteiger partial charge in [0.2, 0.25) is 0 Å². The highest BCUT2D eigenvalue weighted by molar-refractivity contribution is 6.44. The molecule has 0 aliphatic rings. The van der Waals surface area contributed by atoms with Gasteiger partial charge in [0.15, 0.2) is 0 Å². The van der Waals surface area contributed by atoms with Crippen molar-refractivity contribution in [3.8, 4) is 0 Å². The summed E-state index contributed by atoms with van der Waals surface area (Å²) < 4.78 is 9.80. The number of rotatable bonds is 9. The summed E-state index contributed by atoms with van der Waals surface area (Å²) >= 11 is 10.8. The lowest BCUT2D eigenvalue weighted by Gasteiger charge is -2.10. The number of hydrogen-bond acceptors (Lipinski definition) is 4. The van der Waals surface area contributed by atoms with Crippen molar-refractivity contribution < 1.29 is 19.1 Å². The van der Waals surface area contributed by atoms with Gasteiger partial charge >= 0.3 is 11.9 Å². The van der Waals surface area contributed by atoms with Crippen LogP contribution in [0.15, 0.2) is 12.7 Å². The average Bonchev–Trinajstić information content (AvgIpc) is 2.26. The molecular weight excluding hydrogens is 279 g/mol. The van der Waals surface area contributed by atoms with E-state index in [1.807, 2.05) is 0 Å². The van der Waals surface area contributed by atoms with Crippen molar-refractivity contribution in [2.45, 2.75) is 43.5 Å². The summed E-state index contributed by atoms with van der Waals surface area (Å²) in [4.78, 5) is 21.8. The average molecular weight is 297 g/mol. The Hall–Kier alpha value is -0.740. The SMILES string of the molecule is C=CCC(C)OC(=O)CCCC(=O)OCC(Cl)Cl. The zero-order valence-corrected chi connectivity index (χ0v) is 11.9. The number of halogens is 2. The summed E-state index contributed by atoms with van der Waals surface area (Å²) in [6, 6.07) is 0. The highest BCUT2D eigenvalue weighted by Crippen LogP contribution is 2.06. The molecule has 0 heterocycles. The van der Waals surface area contributed by atoms with Crippen molar-refractivity contribution in [2.24, 2.45) is 0 Å². The maximum atomic E-state index is 11.3.